The summed E-state index contributed by atoms with van der Waals surface area (Å²) in [5, 5.41) is 2.86. The van der Waals surface area contributed by atoms with E-state index < -0.39 is 0 Å². The molecule has 0 radical (unpaired) electrons. The molecule has 0 saturated heterocycles. The van der Waals surface area contributed by atoms with Crippen molar-refractivity contribution in [2.75, 3.05) is 26.4 Å². The zero-order valence-corrected chi connectivity index (χ0v) is 14.6. The smallest absolute Gasteiger partial charge is 0.251 e. The van der Waals surface area contributed by atoms with Gasteiger partial charge in [-0.2, -0.15) is 0 Å². The van der Waals surface area contributed by atoms with Crippen molar-refractivity contribution in [1.82, 2.24) is 5.32 Å². The monoisotopic (exact) mass is 341 g/mol. The van der Waals surface area contributed by atoms with Gasteiger partial charge in [-0.3, -0.25) is 4.79 Å². The van der Waals surface area contributed by atoms with Gasteiger partial charge in [0.15, 0.2) is 11.5 Å². The fourth-order valence-electron chi connectivity index (χ4n) is 2.70. The van der Waals surface area contributed by atoms with Crippen LogP contribution in [0.5, 0.6) is 17.2 Å². The average molecular weight is 341 g/mol. The molecule has 0 saturated carbocycles. The zero-order valence-electron chi connectivity index (χ0n) is 14.6. The Balaban J connectivity index is 1.52. The third-order valence-electron chi connectivity index (χ3n) is 3.99. The molecule has 0 fully saturated rings. The Bertz CT molecular complexity index is 742. The second kappa shape index (κ2) is 7.92. The standard InChI is InChI=1S/C20H23NO4/c1-14(2)16-5-3-4-6-17(16)23-10-9-21-20(22)15-7-8-18-19(13-15)25-12-11-24-18/h3-8,13-14H,9-12H2,1-2H3,(H,21,22). The van der Waals surface area contributed by atoms with Crippen molar-refractivity contribution in [2.45, 2.75) is 19.8 Å². The van der Waals surface area contributed by atoms with Crippen LogP contribution >= 0.6 is 0 Å². The highest BCUT2D eigenvalue weighted by Crippen LogP contribution is 2.30. The molecule has 2 aromatic carbocycles. The summed E-state index contributed by atoms with van der Waals surface area (Å²) in [6, 6.07) is 13.2. The molecule has 2 aromatic rings. The number of amides is 1. The molecule has 0 bridgehead atoms. The molecule has 25 heavy (non-hydrogen) atoms. The van der Waals surface area contributed by atoms with E-state index in [0.717, 1.165) is 5.75 Å². The predicted molar refractivity (Wildman–Crippen MR) is 95.8 cm³/mol. The Kier molecular flexibility index (Phi) is 5.43. The first kappa shape index (κ1) is 17.1. The van der Waals surface area contributed by atoms with Gasteiger partial charge < -0.3 is 19.5 Å². The first-order chi connectivity index (χ1) is 12.1. The minimum absolute atomic E-state index is 0.155. The molecular weight excluding hydrogens is 318 g/mol. The average Bonchev–Trinajstić information content (AvgIpc) is 2.64. The number of hydrogen-bond acceptors (Lipinski definition) is 4. The summed E-state index contributed by atoms with van der Waals surface area (Å²) in [5.74, 6) is 2.39. The maximum atomic E-state index is 12.3. The van der Waals surface area contributed by atoms with Crippen molar-refractivity contribution in [2.24, 2.45) is 0 Å². The number of carbonyl (C=O) groups is 1. The van der Waals surface area contributed by atoms with Crippen LogP contribution in [0, 0.1) is 0 Å². The number of benzene rings is 2. The first-order valence-corrected chi connectivity index (χ1v) is 8.54. The van der Waals surface area contributed by atoms with Gasteiger partial charge in [0.05, 0.1) is 6.54 Å². The number of carbonyl (C=O) groups excluding carboxylic acids is 1. The molecule has 1 amide bonds. The van der Waals surface area contributed by atoms with Crippen LogP contribution in [-0.4, -0.2) is 32.3 Å². The van der Waals surface area contributed by atoms with Crippen LogP contribution in [0.1, 0.15) is 35.7 Å². The van der Waals surface area contributed by atoms with Crippen LogP contribution in [-0.2, 0) is 0 Å². The molecule has 3 rings (SSSR count). The van der Waals surface area contributed by atoms with Crippen LogP contribution in [0.3, 0.4) is 0 Å². The normalized spacial score (nSPS) is 12.8. The van der Waals surface area contributed by atoms with Crippen molar-refractivity contribution in [3.05, 3.63) is 53.6 Å². The number of para-hydroxylation sites is 1. The van der Waals surface area contributed by atoms with Gasteiger partial charge >= 0.3 is 0 Å². The summed E-state index contributed by atoms with van der Waals surface area (Å²) in [7, 11) is 0. The van der Waals surface area contributed by atoms with Crippen LogP contribution in [0.25, 0.3) is 0 Å². The summed E-state index contributed by atoms with van der Waals surface area (Å²) >= 11 is 0. The van der Waals surface area contributed by atoms with E-state index in [1.807, 2.05) is 18.2 Å². The third-order valence-corrected chi connectivity index (χ3v) is 3.99. The molecule has 0 spiro atoms. The zero-order chi connectivity index (χ0) is 17.6. The first-order valence-electron chi connectivity index (χ1n) is 8.54. The molecule has 1 aliphatic heterocycles. The minimum Gasteiger partial charge on any atom is -0.491 e. The summed E-state index contributed by atoms with van der Waals surface area (Å²) < 4.78 is 16.8. The predicted octanol–water partition coefficient (Wildman–Crippen LogP) is 3.39. The van der Waals surface area contributed by atoms with Gasteiger partial charge in [-0.15, -0.1) is 0 Å². The molecule has 1 heterocycles. The Morgan fingerprint density at radius 1 is 1.12 bits per heavy atom. The minimum atomic E-state index is -0.155. The van der Waals surface area contributed by atoms with E-state index in [0.29, 0.717) is 49.3 Å². The third kappa shape index (κ3) is 4.24. The lowest BCUT2D eigenvalue weighted by Gasteiger charge is -2.18. The Morgan fingerprint density at radius 2 is 1.88 bits per heavy atom. The molecule has 1 aliphatic rings. The lowest BCUT2D eigenvalue weighted by molar-refractivity contribution is 0.0945. The lowest BCUT2D eigenvalue weighted by atomic mass is 10.0. The van der Waals surface area contributed by atoms with E-state index in [1.54, 1.807) is 18.2 Å². The van der Waals surface area contributed by atoms with Gasteiger partial charge in [-0.25, -0.2) is 0 Å². The van der Waals surface area contributed by atoms with Crippen molar-refractivity contribution in [1.29, 1.82) is 0 Å². The lowest BCUT2D eigenvalue weighted by Crippen LogP contribution is -2.28. The number of rotatable bonds is 6. The van der Waals surface area contributed by atoms with Crippen molar-refractivity contribution < 1.29 is 19.0 Å². The number of ether oxygens (including phenoxy) is 3. The second-order valence-electron chi connectivity index (χ2n) is 6.16. The highest BCUT2D eigenvalue weighted by Gasteiger charge is 2.14. The maximum Gasteiger partial charge on any atom is 0.251 e. The summed E-state index contributed by atoms with van der Waals surface area (Å²) in [4.78, 5) is 12.3. The Labute approximate surface area is 147 Å². The van der Waals surface area contributed by atoms with Gasteiger partial charge in [0.2, 0.25) is 0 Å². The number of nitrogens with one attached hydrogen (secondary N) is 1. The van der Waals surface area contributed by atoms with E-state index in [9.17, 15) is 4.79 Å². The summed E-state index contributed by atoms with van der Waals surface area (Å²) in [6.07, 6.45) is 0. The van der Waals surface area contributed by atoms with Crippen LogP contribution in [0.4, 0.5) is 0 Å². The van der Waals surface area contributed by atoms with E-state index in [-0.39, 0.29) is 5.91 Å². The molecule has 5 nitrogen and oxygen atoms in total. The van der Waals surface area contributed by atoms with Gasteiger partial charge in [0.1, 0.15) is 25.6 Å². The molecule has 0 aromatic heterocycles. The van der Waals surface area contributed by atoms with Crippen molar-refractivity contribution >= 4 is 5.91 Å². The van der Waals surface area contributed by atoms with Crippen molar-refractivity contribution in [3.8, 4) is 17.2 Å². The quantitative estimate of drug-likeness (QED) is 0.818. The summed E-state index contributed by atoms with van der Waals surface area (Å²) in [5.41, 5.74) is 1.72. The maximum absolute atomic E-state index is 12.3. The Hall–Kier alpha value is -2.69. The van der Waals surface area contributed by atoms with E-state index in [4.69, 9.17) is 14.2 Å². The molecular formula is C20H23NO4. The molecule has 0 unspecified atom stereocenters. The SMILES string of the molecule is CC(C)c1ccccc1OCCNC(=O)c1ccc2c(c1)OCCO2. The highest BCUT2D eigenvalue weighted by molar-refractivity contribution is 5.94. The van der Waals surface area contributed by atoms with Crippen LogP contribution in [0.15, 0.2) is 42.5 Å². The number of hydrogen-bond donors (Lipinski definition) is 1. The van der Waals surface area contributed by atoms with Gasteiger partial charge in [-0.05, 0) is 35.7 Å². The molecule has 5 heteroatoms. The summed E-state index contributed by atoms with van der Waals surface area (Å²) in [6.45, 7) is 6.15. The largest absolute Gasteiger partial charge is 0.491 e. The van der Waals surface area contributed by atoms with Gasteiger partial charge in [0.25, 0.3) is 5.91 Å². The molecule has 0 atom stereocenters. The van der Waals surface area contributed by atoms with Gasteiger partial charge in [-0.1, -0.05) is 32.0 Å². The van der Waals surface area contributed by atoms with Crippen LogP contribution < -0.4 is 19.5 Å². The van der Waals surface area contributed by atoms with Crippen LogP contribution in [0.2, 0.25) is 0 Å². The second-order valence-corrected chi connectivity index (χ2v) is 6.16. The van der Waals surface area contributed by atoms with E-state index >= 15 is 0 Å². The van der Waals surface area contributed by atoms with E-state index in [1.165, 1.54) is 5.56 Å². The fraction of sp³-hybridized carbons (Fsp3) is 0.350. The van der Waals surface area contributed by atoms with E-state index in [2.05, 4.69) is 25.2 Å². The molecule has 0 aliphatic carbocycles. The van der Waals surface area contributed by atoms with Crippen molar-refractivity contribution in [3.63, 3.8) is 0 Å². The Morgan fingerprint density at radius 3 is 2.68 bits per heavy atom. The van der Waals surface area contributed by atoms with Gasteiger partial charge in [0, 0.05) is 5.56 Å². The molecule has 132 valence electrons. The number of fused-ring (bicyclic) bond motifs is 1. The fourth-order valence-corrected chi connectivity index (χ4v) is 2.70. The molecule has 1 N–H and O–H groups in total. The highest BCUT2D eigenvalue weighted by atomic mass is 16.6. The topological polar surface area (TPSA) is 56.8 Å².